The number of nitrogens with zero attached hydrogens (tertiary/aromatic N) is 3. The van der Waals surface area contributed by atoms with E-state index in [1.807, 2.05) is 66.1 Å². The molecule has 9 nitrogen and oxygen atoms in total. The van der Waals surface area contributed by atoms with Gasteiger partial charge in [0.05, 0.1) is 28.7 Å². The van der Waals surface area contributed by atoms with E-state index in [1.54, 1.807) is 42.6 Å². The summed E-state index contributed by atoms with van der Waals surface area (Å²) in [6, 6.07) is 25.3. The Morgan fingerprint density at radius 3 is 2.33 bits per heavy atom. The zero-order chi connectivity index (χ0) is 40.4. The number of amides is 2. The third-order valence-electron chi connectivity index (χ3n) is 11.2. The van der Waals surface area contributed by atoms with E-state index in [0.717, 1.165) is 54.3 Å². The maximum Gasteiger partial charge on any atom is 0.335 e. The molecule has 3 heterocycles. The highest BCUT2D eigenvalue weighted by molar-refractivity contribution is 6.35. The van der Waals surface area contributed by atoms with Crippen LogP contribution in [0.3, 0.4) is 0 Å². The molecule has 5 aromatic rings. The van der Waals surface area contributed by atoms with Crippen molar-refractivity contribution < 1.29 is 19.5 Å². The van der Waals surface area contributed by atoms with Gasteiger partial charge in [-0.1, -0.05) is 83.8 Å². The maximum atomic E-state index is 14.9. The van der Waals surface area contributed by atoms with Crippen molar-refractivity contribution in [2.75, 3.05) is 29.9 Å². The number of H-pyrrole nitrogens is 1. The van der Waals surface area contributed by atoms with Crippen molar-refractivity contribution in [3.63, 3.8) is 0 Å². The van der Waals surface area contributed by atoms with E-state index in [2.05, 4.69) is 21.8 Å². The molecule has 2 aliphatic rings. The van der Waals surface area contributed by atoms with E-state index in [9.17, 15) is 19.5 Å². The van der Waals surface area contributed by atoms with E-state index in [1.165, 1.54) is 6.07 Å². The number of halogens is 3. The van der Waals surface area contributed by atoms with Crippen LogP contribution >= 0.6 is 34.8 Å². The van der Waals surface area contributed by atoms with Crippen molar-refractivity contribution in [1.29, 1.82) is 0 Å². The molecule has 57 heavy (non-hydrogen) atoms. The Morgan fingerprint density at radius 1 is 0.930 bits per heavy atom. The van der Waals surface area contributed by atoms with Crippen molar-refractivity contribution in [1.82, 2.24) is 14.8 Å². The fourth-order valence-electron chi connectivity index (χ4n) is 8.22. The van der Waals surface area contributed by atoms with Gasteiger partial charge in [0.15, 0.2) is 0 Å². The minimum absolute atomic E-state index is 0.0403. The summed E-state index contributed by atoms with van der Waals surface area (Å²) >= 11 is 19.6. The number of aromatic nitrogens is 1. The Balaban J connectivity index is 1.33. The second-order valence-electron chi connectivity index (χ2n) is 14.6. The number of carbonyl (C=O) groups is 3. The van der Waals surface area contributed by atoms with Crippen molar-refractivity contribution in [3.05, 3.63) is 141 Å². The fourth-order valence-corrected chi connectivity index (χ4v) is 8.95. The summed E-state index contributed by atoms with van der Waals surface area (Å²) in [6.07, 6.45) is 5.81. The molecule has 0 spiro atoms. The van der Waals surface area contributed by atoms with Crippen LogP contribution in [-0.4, -0.2) is 63.4 Å². The predicted molar refractivity (Wildman–Crippen MR) is 231 cm³/mol. The molecule has 4 aromatic carbocycles. The summed E-state index contributed by atoms with van der Waals surface area (Å²) < 4.78 is 0. The smallest absolute Gasteiger partial charge is 0.335 e. The lowest BCUT2D eigenvalue weighted by molar-refractivity contribution is -0.136. The molecule has 2 amide bonds. The number of hydrogen-bond donors (Lipinski definition) is 3. The quantitative estimate of drug-likeness (QED) is 0.122. The first-order valence-corrected chi connectivity index (χ1v) is 20.3. The first-order valence-electron chi connectivity index (χ1n) is 19.1. The van der Waals surface area contributed by atoms with Crippen molar-refractivity contribution >= 4 is 86.1 Å². The number of hydrogen-bond acceptors (Lipinski definition) is 5. The number of allylic oxidation sites excluding steroid dienone is 1. The number of likely N-dealkylation sites (tertiary alicyclic amines) is 1. The van der Waals surface area contributed by atoms with Crippen LogP contribution in [-0.2, 0) is 4.79 Å². The minimum Gasteiger partial charge on any atom is -0.478 e. The number of carboxylic acid groups (broad SMARTS) is 1. The number of benzene rings is 4. The number of nitrogens with one attached hydrogen (secondary N) is 2. The normalized spacial score (nSPS) is 16.0. The highest BCUT2D eigenvalue weighted by Gasteiger charge is 2.32. The lowest BCUT2D eigenvalue weighted by Crippen LogP contribution is -2.49. The van der Waals surface area contributed by atoms with Crippen LogP contribution in [0.2, 0.25) is 15.1 Å². The summed E-state index contributed by atoms with van der Waals surface area (Å²) in [5.41, 5.74) is 5.87. The van der Waals surface area contributed by atoms with Gasteiger partial charge in [0.25, 0.3) is 5.91 Å². The molecule has 1 unspecified atom stereocenters. The average Bonchev–Trinajstić information content (AvgIpc) is 3.58. The molecule has 2 aliphatic heterocycles. The SMILES string of the molecule is C=CN(/C(=C(\C)c1ccccc1)c1c(C(=O)Nc2cc(C(=O)O)ccc2N2CCC(N3CCCCC3=O)CC2)[nH]c2cc(Cl)ccc12)C(C)c1ccc(Cl)cc1Cl. The number of piperidine rings is 2. The summed E-state index contributed by atoms with van der Waals surface area (Å²) in [5.74, 6) is -1.37. The predicted octanol–water partition coefficient (Wildman–Crippen LogP) is 11.2. The van der Waals surface area contributed by atoms with Crippen LogP contribution in [0.25, 0.3) is 22.2 Å². The van der Waals surface area contributed by atoms with Gasteiger partial charge < -0.3 is 30.1 Å². The number of fused-ring (bicyclic) bond motifs is 1. The number of rotatable bonds is 11. The van der Waals surface area contributed by atoms with E-state index < -0.39 is 11.9 Å². The molecule has 2 saturated heterocycles. The Labute approximate surface area is 347 Å². The van der Waals surface area contributed by atoms with Crippen LogP contribution in [0.5, 0.6) is 0 Å². The first kappa shape index (κ1) is 40.0. The third-order valence-corrected chi connectivity index (χ3v) is 12.0. The molecule has 2 fully saturated rings. The molecule has 1 atom stereocenters. The van der Waals surface area contributed by atoms with Crippen LogP contribution in [0.4, 0.5) is 11.4 Å². The molecule has 0 saturated carbocycles. The summed E-state index contributed by atoms with van der Waals surface area (Å²) in [5, 5.41) is 15.4. The summed E-state index contributed by atoms with van der Waals surface area (Å²) in [6.45, 7) is 10.3. The number of anilines is 2. The minimum atomic E-state index is -1.11. The molecule has 12 heteroatoms. The van der Waals surface area contributed by atoms with Gasteiger partial charge in [-0.3, -0.25) is 9.59 Å². The summed E-state index contributed by atoms with van der Waals surface area (Å²) in [7, 11) is 0. The molecule has 0 radical (unpaired) electrons. The second kappa shape index (κ2) is 17.1. The second-order valence-corrected chi connectivity index (χ2v) is 15.9. The Hall–Kier alpha value is -5.22. The summed E-state index contributed by atoms with van der Waals surface area (Å²) in [4.78, 5) is 49.4. The Bertz CT molecular complexity index is 2390. The molecule has 7 rings (SSSR count). The van der Waals surface area contributed by atoms with Crippen LogP contribution in [0, 0.1) is 0 Å². The standard InChI is InChI=1S/C45H44Cl3N5O4/c1-4-52(28(3)34-16-14-31(46)25-36(34)48)43(27(2)29-10-6-5-7-11-29)41-35-17-15-32(47)26-37(35)49-42(41)44(55)50-38-24-30(45(56)57)13-18-39(38)51-22-19-33(20-23-51)53-21-9-8-12-40(53)54/h4-7,10-11,13-18,24-26,28,33,49H,1,8-9,12,19-23H2,2-3H3,(H,50,55)(H,56,57)/b43-27+. The van der Waals surface area contributed by atoms with Crippen molar-refractivity contribution in [3.8, 4) is 0 Å². The molecule has 0 aliphatic carbocycles. The molecular weight excluding hydrogens is 781 g/mol. The van der Waals surface area contributed by atoms with Crippen molar-refractivity contribution in [2.24, 2.45) is 0 Å². The van der Waals surface area contributed by atoms with Gasteiger partial charge in [0.2, 0.25) is 5.91 Å². The number of aromatic carboxylic acids is 1. The van der Waals surface area contributed by atoms with Crippen molar-refractivity contribution in [2.45, 2.75) is 58.0 Å². The number of carboxylic acids is 1. The van der Waals surface area contributed by atoms with Gasteiger partial charge in [0.1, 0.15) is 5.69 Å². The van der Waals surface area contributed by atoms with Gasteiger partial charge in [-0.2, -0.15) is 0 Å². The average molecular weight is 825 g/mol. The van der Waals surface area contributed by atoms with E-state index in [-0.39, 0.29) is 29.2 Å². The van der Waals surface area contributed by atoms with E-state index in [0.29, 0.717) is 62.7 Å². The molecule has 1 aromatic heterocycles. The zero-order valence-electron chi connectivity index (χ0n) is 31.8. The van der Waals surface area contributed by atoms with E-state index in [4.69, 9.17) is 34.8 Å². The lowest BCUT2D eigenvalue weighted by atomic mass is 9.95. The topological polar surface area (TPSA) is 109 Å². The molecule has 0 bridgehead atoms. The number of aromatic amines is 1. The Morgan fingerprint density at radius 2 is 1.65 bits per heavy atom. The lowest BCUT2D eigenvalue weighted by Gasteiger charge is -2.41. The monoisotopic (exact) mass is 823 g/mol. The van der Waals surface area contributed by atoms with E-state index >= 15 is 0 Å². The van der Waals surface area contributed by atoms with Gasteiger partial charge >= 0.3 is 5.97 Å². The van der Waals surface area contributed by atoms with Gasteiger partial charge in [-0.15, -0.1) is 0 Å². The third kappa shape index (κ3) is 8.28. The largest absolute Gasteiger partial charge is 0.478 e. The molecular formula is C45H44Cl3N5O4. The molecule has 294 valence electrons. The highest BCUT2D eigenvalue weighted by Crippen LogP contribution is 2.43. The highest BCUT2D eigenvalue weighted by atomic mass is 35.5. The van der Waals surface area contributed by atoms with Gasteiger partial charge in [-0.25, -0.2) is 4.79 Å². The van der Waals surface area contributed by atoms with Crippen LogP contribution in [0.1, 0.15) is 89.5 Å². The van der Waals surface area contributed by atoms with Gasteiger partial charge in [0, 0.05) is 63.6 Å². The number of carbonyl (C=O) groups excluding carboxylic acids is 2. The van der Waals surface area contributed by atoms with Crippen LogP contribution < -0.4 is 10.2 Å². The van der Waals surface area contributed by atoms with Crippen LogP contribution in [0.15, 0.2) is 97.7 Å². The maximum absolute atomic E-state index is 14.9. The molecule has 3 N–H and O–H groups in total. The Kier molecular flexibility index (Phi) is 12.0. The first-order chi connectivity index (χ1) is 27.4. The zero-order valence-corrected chi connectivity index (χ0v) is 34.1. The fraction of sp³-hybridized carbons (Fsp3) is 0.267. The van der Waals surface area contributed by atoms with Gasteiger partial charge in [-0.05, 0) is 105 Å².